The number of ether oxygens (including phenoxy) is 2. The molecule has 0 rings (SSSR count). The van der Waals surface area contributed by atoms with E-state index in [1.807, 2.05) is 27.8 Å². The lowest BCUT2D eigenvalue weighted by molar-refractivity contribution is -0.144. The fraction of sp³-hybridized carbons (Fsp3) is 0.909. The number of hydrogen-bond donors (Lipinski definition) is 0. The minimum Gasteiger partial charge on any atom is -0.466 e. The maximum Gasteiger partial charge on any atom is 0.307 e. The molecule has 0 aliphatic carbocycles. The largest absolute Gasteiger partial charge is 0.466 e. The van der Waals surface area contributed by atoms with Crippen LogP contribution in [0.25, 0.3) is 0 Å². The Hall–Kier alpha value is -0.610. The van der Waals surface area contributed by atoms with Gasteiger partial charge in [0.2, 0.25) is 0 Å². The molecule has 1 atom stereocenters. The van der Waals surface area contributed by atoms with Crippen LogP contribution in [-0.4, -0.2) is 50.3 Å². The van der Waals surface area contributed by atoms with E-state index < -0.39 is 0 Å². The van der Waals surface area contributed by atoms with E-state index in [1.165, 1.54) is 0 Å². The van der Waals surface area contributed by atoms with Gasteiger partial charge in [-0.25, -0.2) is 0 Å². The molecule has 0 aromatic carbocycles. The molecule has 0 N–H and O–H groups in total. The van der Waals surface area contributed by atoms with Gasteiger partial charge >= 0.3 is 5.97 Å². The molecule has 0 aliphatic rings. The normalized spacial score (nSPS) is 12.9. The first-order valence-corrected chi connectivity index (χ1v) is 5.55. The third kappa shape index (κ3) is 7.33. The summed E-state index contributed by atoms with van der Waals surface area (Å²) in [6.07, 6.45) is 0.441. The molecule has 0 amide bonds. The van der Waals surface area contributed by atoms with Gasteiger partial charge in [-0.15, -0.1) is 0 Å². The quantitative estimate of drug-likeness (QED) is 0.454. The SMILES string of the molecule is CCOCCN(C)C(C)CC(=O)OCC. The molecule has 15 heavy (non-hydrogen) atoms. The molecule has 1 unspecified atom stereocenters. The first-order chi connectivity index (χ1) is 7.11. The molecule has 0 fully saturated rings. The van der Waals surface area contributed by atoms with Gasteiger partial charge in [0.1, 0.15) is 0 Å². The highest BCUT2D eigenvalue weighted by Gasteiger charge is 2.13. The van der Waals surface area contributed by atoms with Crippen molar-refractivity contribution in [1.82, 2.24) is 4.90 Å². The van der Waals surface area contributed by atoms with E-state index in [2.05, 4.69) is 4.90 Å². The number of nitrogens with zero attached hydrogens (tertiary/aromatic N) is 1. The zero-order valence-electron chi connectivity index (χ0n) is 10.3. The van der Waals surface area contributed by atoms with E-state index in [0.29, 0.717) is 19.6 Å². The van der Waals surface area contributed by atoms with Crippen molar-refractivity contribution in [2.75, 3.05) is 33.4 Å². The molecule has 0 spiro atoms. The van der Waals surface area contributed by atoms with Crippen LogP contribution in [-0.2, 0) is 14.3 Å². The van der Waals surface area contributed by atoms with E-state index >= 15 is 0 Å². The lowest BCUT2D eigenvalue weighted by Crippen LogP contribution is -2.34. The minimum atomic E-state index is -0.131. The molecule has 4 heteroatoms. The summed E-state index contributed by atoms with van der Waals surface area (Å²) in [4.78, 5) is 13.3. The van der Waals surface area contributed by atoms with Crippen LogP contribution in [0.1, 0.15) is 27.2 Å². The van der Waals surface area contributed by atoms with Crippen molar-refractivity contribution in [3.05, 3.63) is 0 Å². The van der Waals surface area contributed by atoms with Gasteiger partial charge in [0.15, 0.2) is 0 Å². The van der Waals surface area contributed by atoms with Crippen molar-refractivity contribution < 1.29 is 14.3 Å². The Morgan fingerprint density at radius 2 is 2.00 bits per heavy atom. The number of carbonyl (C=O) groups is 1. The molecule has 0 aromatic heterocycles. The predicted octanol–water partition coefficient (Wildman–Crippen LogP) is 1.30. The predicted molar refractivity (Wildman–Crippen MR) is 59.8 cm³/mol. The van der Waals surface area contributed by atoms with Gasteiger partial charge in [-0.2, -0.15) is 0 Å². The second-order valence-electron chi connectivity index (χ2n) is 3.54. The lowest BCUT2D eigenvalue weighted by atomic mass is 10.2. The molecule has 0 aliphatic heterocycles. The first-order valence-electron chi connectivity index (χ1n) is 5.55. The fourth-order valence-corrected chi connectivity index (χ4v) is 1.19. The van der Waals surface area contributed by atoms with E-state index in [9.17, 15) is 4.79 Å². The zero-order valence-corrected chi connectivity index (χ0v) is 10.3. The van der Waals surface area contributed by atoms with Crippen LogP contribution in [0, 0.1) is 0 Å². The number of likely N-dealkylation sites (N-methyl/N-ethyl adjacent to an activating group) is 1. The van der Waals surface area contributed by atoms with E-state index in [-0.39, 0.29) is 12.0 Å². The molecular weight excluding hydrogens is 194 g/mol. The third-order valence-corrected chi connectivity index (χ3v) is 2.31. The molecule has 0 bridgehead atoms. The molecule has 4 nitrogen and oxygen atoms in total. The summed E-state index contributed by atoms with van der Waals surface area (Å²) in [5.41, 5.74) is 0. The van der Waals surface area contributed by atoms with Crippen LogP contribution >= 0.6 is 0 Å². The zero-order chi connectivity index (χ0) is 11.7. The Labute approximate surface area is 92.5 Å². The summed E-state index contributed by atoms with van der Waals surface area (Å²) in [6, 6.07) is 0.199. The maximum absolute atomic E-state index is 11.2. The molecular formula is C11H23NO3. The molecule has 0 saturated carbocycles. The van der Waals surface area contributed by atoms with E-state index in [4.69, 9.17) is 9.47 Å². The molecule has 0 aromatic rings. The molecule has 0 saturated heterocycles. The van der Waals surface area contributed by atoms with Crippen molar-refractivity contribution >= 4 is 5.97 Å². The van der Waals surface area contributed by atoms with E-state index in [0.717, 1.165) is 13.2 Å². The van der Waals surface area contributed by atoms with Gasteiger partial charge in [-0.05, 0) is 27.8 Å². The topological polar surface area (TPSA) is 38.8 Å². The Balaban J connectivity index is 3.67. The number of rotatable bonds is 8. The second kappa shape index (κ2) is 8.68. The van der Waals surface area contributed by atoms with Gasteiger partial charge in [0.05, 0.1) is 19.6 Å². The molecule has 90 valence electrons. The Morgan fingerprint density at radius 3 is 2.53 bits per heavy atom. The van der Waals surface area contributed by atoms with Crippen LogP contribution in [0.4, 0.5) is 0 Å². The molecule has 0 heterocycles. The monoisotopic (exact) mass is 217 g/mol. The van der Waals surface area contributed by atoms with Gasteiger partial charge in [0, 0.05) is 19.2 Å². The standard InChI is InChI=1S/C11H23NO3/c1-5-14-8-7-12(4)10(3)9-11(13)15-6-2/h10H,5-9H2,1-4H3. The van der Waals surface area contributed by atoms with Crippen molar-refractivity contribution in [3.8, 4) is 0 Å². The summed E-state index contributed by atoms with van der Waals surface area (Å²) in [5, 5.41) is 0. The maximum atomic E-state index is 11.2. The third-order valence-electron chi connectivity index (χ3n) is 2.31. The van der Waals surface area contributed by atoms with Crippen molar-refractivity contribution in [1.29, 1.82) is 0 Å². The van der Waals surface area contributed by atoms with Crippen molar-refractivity contribution in [3.63, 3.8) is 0 Å². The highest BCUT2D eigenvalue weighted by atomic mass is 16.5. The van der Waals surface area contributed by atoms with Crippen LogP contribution in [0.5, 0.6) is 0 Å². The number of esters is 1. The second-order valence-corrected chi connectivity index (χ2v) is 3.54. The highest BCUT2D eigenvalue weighted by Crippen LogP contribution is 2.02. The van der Waals surface area contributed by atoms with Crippen LogP contribution < -0.4 is 0 Å². The summed E-state index contributed by atoms with van der Waals surface area (Å²) >= 11 is 0. The minimum absolute atomic E-state index is 0.131. The highest BCUT2D eigenvalue weighted by molar-refractivity contribution is 5.69. The van der Waals surface area contributed by atoms with Crippen LogP contribution in [0.3, 0.4) is 0 Å². The Morgan fingerprint density at radius 1 is 1.33 bits per heavy atom. The summed E-state index contributed by atoms with van der Waals surface area (Å²) in [6.45, 7) is 8.55. The Kier molecular flexibility index (Phi) is 8.33. The first kappa shape index (κ1) is 14.4. The lowest BCUT2D eigenvalue weighted by Gasteiger charge is -2.23. The van der Waals surface area contributed by atoms with Gasteiger partial charge < -0.3 is 14.4 Å². The van der Waals surface area contributed by atoms with Gasteiger partial charge in [-0.1, -0.05) is 0 Å². The van der Waals surface area contributed by atoms with E-state index in [1.54, 1.807) is 0 Å². The number of carbonyl (C=O) groups excluding carboxylic acids is 1. The van der Waals surface area contributed by atoms with Gasteiger partial charge in [0.25, 0.3) is 0 Å². The average Bonchev–Trinajstić information content (AvgIpc) is 2.18. The Bertz CT molecular complexity index is 173. The summed E-state index contributed by atoms with van der Waals surface area (Å²) in [7, 11) is 1.99. The van der Waals surface area contributed by atoms with Crippen molar-refractivity contribution in [2.45, 2.75) is 33.2 Å². The number of hydrogen-bond acceptors (Lipinski definition) is 4. The van der Waals surface area contributed by atoms with Crippen LogP contribution in [0.15, 0.2) is 0 Å². The van der Waals surface area contributed by atoms with Gasteiger partial charge in [-0.3, -0.25) is 4.79 Å². The average molecular weight is 217 g/mol. The van der Waals surface area contributed by atoms with Crippen LogP contribution in [0.2, 0.25) is 0 Å². The molecule has 0 radical (unpaired) electrons. The summed E-state index contributed by atoms with van der Waals surface area (Å²) in [5.74, 6) is -0.131. The van der Waals surface area contributed by atoms with Crippen molar-refractivity contribution in [2.24, 2.45) is 0 Å². The summed E-state index contributed by atoms with van der Waals surface area (Å²) < 4.78 is 10.1. The fourth-order valence-electron chi connectivity index (χ4n) is 1.19. The smallest absolute Gasteiger partial charge is 0.307 e.